The molecule has 0 heterocycles. The predicted molar refractivity (Wildman–Crippen MR) is 123 cm³/mol. The van der Waals surface area contributed by atoms with Crippen LogP contribution in [-0.2, 0) is 0 Å². The Balaban J connectivity index is 1.73. The van der Waals surface area contributed by atoms with E-state index in [0.717, 1.165) is 12.1 Å². The molecule has 0 aliphatic rings. The molecular formula is C24H16N4O6. The molecule has 0 aliphatic heterocycles. The summed E-state index contributed by atoms with van der Waals surface area (Å²) in [6.45, 7) is 0. The van der Waals surface area contributed by atoms with Crippen molar-refractivity contribution in [3.05, 3.63) is 71.8 Å². The fraction of sp³-hybridized carbons (Fsp3) is 0. The number of rotatable bonds is 6. The van der Waals surface area contributed by atoms with Crippen LogP contribution in [0.3, 0.4) is 0 Å². The smallest absolute Gasteiger partial charge is 0.153 e. The largest absolute Gasteiger partial charge is 0.507 e. The van der Waals surface area contributed by atoms with Gasteiger partial charge in [0.25, 0.3) is 0 Å². The first-order chi connectivity index (χ1) is 16.4. The van der Waals surface area contributed by atoms with Gasteiger partial charge in [-0.15, -0.1) is 20.5 Å². The molecule has 0 aliphatic carbocycles. The molecule has 168 valence electrons. The standard InChI is InChI=1S/C24H16N4O6/c29-11-13-7-19(23(33)9-21(13)31)27-25-17-5-1-3-15-16(17)4-2-6-18(15)26-28-20-8-14(12-30)22(32)10-24(20)34/h1-12,31-34H. The zero-order valence-corrected chi connectivity index (χ0v) is 17.3. The molecule has 0 saturated carbocycles. The van der Waals surface area contributed by atoms with E-state index in [0.29, 0.717) is 34.7 Å². The van der Waals surface area contributed by atoms with Crippen LogP contribution in [-0.4, -0.2) is 33.0 Å². The number of fused-ring (bicyclic) bond motifs is 1. The molecule has 4 rings (SSSR count). The highest BCUT2D eigenvalue weighted by molar-refractivity contribution is 5.99. The average Bonchev–Trinajstić information content (AvgIpc) is 2.83. The van der Waals surface area contributed by atoms with Crippen LogP contribution >= 0.6 is 0 Å². The highest BCUT2D eigenvalue weighted by Crippen LogP contribution is 2.38. The van der Waals surface area contributed by atoms with E-state index in [9.17, 15) is 30.0 Å². The van der Waals surface area contributed by atoms with Crippen molar-refractivity contribution in [1.29, 1.82) is 0 Å². The second kappa shape index (κ2) is 9.17. The van der Waals surface area contributed by atoms with Crippen LogP contribution in [0.15, 0.2) is 81.1 Å². The fourth-order valence-corrected chi connectivity index (χ4v) is 3.18. The maximum absolute atomic E-state index is 11.0. The molecule has 4 aromatic rings. The van der Waals surface area contributed by atoms with Crippen molar-refractivity contribution in [2.75, 3.05) is 0 Å². The van der Waals surface area contributed by atoms with Gasteiger partial charge in [-0.3, -0.25) is 9.59 Å². The molecular weight excluding hydrogens is 440 g/mol. The number of hydrogen-bond donors (Lipinski definition) is 4. The van der Waals surface area contributed by atoms with Gasteiger partial charge in [-0.25, -0.2) is 0 Å². The lowest BCUT2D eigenvalue weighted by atomic mass is 10.1. The number of carbonyl (C=O) groups excluding carboxylic acids is 2. The summed E-state index contributed by atoms with van der Waals surface area (Å²) in [4.78, 5) is 22.1. The molecule has 0 amide bonds. The minimum atomic E-state index is -0.369. The first-order valence-electron chi connectivity index (χ1n) is 9.79. The van der Waals surface area contributed by atoms with Gasteiger partial charge in [0, 0.05) is 22.9 Å². The molecule has 10 heteroatoms. The zero-order chi connectivity index (χ0) is 24.2. The number of aromatic hydroxyl groups is 4. The van der Waals surface area contributed by atoms with E-state index in [4.69, 9.17) is 0 Å². The lowest BCUT2D eigenvalue weighted by Crippen LogP contribution is -1.81. The Hall–Kier alpha value is -5.12. The summed E-state index contributed by atoms with van der Waals surface area (Å²) in [5, 5.41) is 56.9. The number of hydrogen-bond acceptors (Lipinski definition) is 10. The molecule has 0 aromatic heterocycles. The van der Waals surface area contributed by atoms with E-state index in [1.54, 1.807) is 36.4 Å². The minimum absolute atomic E-state index is 0.00142. The summed E-state index contributed by atoms with van der Waals surface area (Å²) < 4.78 is 0. The number of nitrogens with zero attached hydrogens (tertiary/aromatic N) is 4. The summed E-state index contributed by atoms with van der Waals surface area (Å²) in [5.41, 5.74) is 0.795. The van der Waals surface area contributed by atoms with E-state index >= 15 is 0 Å². The van der Waals surface area contributed by atoms with Crippen LogP contribution in [0.2, 0.25) is 0 Å². The second-order valence-electron chi connectivity index (χ2n) is 7.08. The quantitative estimate of drug-likeness (QED) is 0.202. The summed E-state index contributed by atoms with van der Waals surface area (Å²) in [5.74, 6) is -1.42. The highest BCUT2D eigenvalue weighted by atomic mass is 16.3. The SMILES string of the molecule is O=Cc1cc(N=Nc2cccc3c(N=Nc4cc(C=O)c(O)cc4O)cccc23)c(O)cc1O. The van der Waals surface area contributed by atoms with Gasteiger partial charge < -0.3 is 20.4 Å². The molecule has 4 N–H and O–H groups in total. The molecule has 0 atom stereocenters. The number of benzene rings is 4. The van der Waals surface area contributed by atoms with Crippen molar-refractivity contribution in [2.24, 2.45) is 20.5 Å². The number of phenolic OH excluding ortho intramolecular Hbond substituents is 4. The van der Waals surface area contributed by atoms with Gasteiger partial charge in [-0.1, -0.05) is 24.3 Å². The molecule has 0 radical (unpaired) electrons. The Bertz CT molecular complexity index is 1380. The van der Waals surface area contributed by atoms with Crippen molar-refractivity contribution < 1.29 is 30.0 Å². The Kier molecular flexibility index (Phi) is 5.95. The van der Waals surface area contributed by atoms with Crippen LogP contribution in [0.5, 0.6) is 23.0 Å². The van der Waals surface area contributed by atoms with E-state index < -0.39 is 0 Å². The molecule has 0 unspecified atom stereocenters. The van der Waals surface area contributed by atoms with E-state index in [1.165, 1.54) is 12.1 Å². The summed E-state index contributed by atoms with van der Waals surface area (Å²) in [6.07, 6.45) is 0.875. The summed E-state index contributed by atoms with van der Waals surface area (Å²) in [7, 11) is 0. The van der Waals surface area contributed by atoms with Crippen molar-refractivity contribution in [2.45, 2.75) is 0 Å². The monoisotopic (exact) mass is 456 g/mol. The first-order valence-corrected chi connectivity index (χ1v) is 9.79. The van der Waals surface area contributed by atoms with Crippen molar-refractivity contribution in [1.82, 2.24) is 0 Å². The Morgan fingerprint density at radius 2 is 0.882 bits per heavy atom. The van der Waals surface area contributed by atoms with Gasteiger partial charge in [0.2, 0.25) is 0 Å². The Labute approximate surface area is 191 Å². The van der Waals surface area contributed by atoms with Crippen LogP contribution in [0.1, 0.15) is 20.7 Å². The van der Waals surface area contributed by atoms with Gasteiger partial charge in [-0.05, 0) is 24.3 Å². The van der Waals surface area contributed by atoms with Gasteiger partial charge in [0.1, 0.15) is 34.4 Å². The summed E-state index contributed by atoms with van der Waals surface area (Å²) in [6, 6.07) is 14.8. The van der Waals surface area contributed by atoms with E-state index in [-0.39, 0.29) is 45.5 Å². The number of carbonyl (C=O) groups is 2. The van der Waals surface area contributed by atoms with Crippen molar-refractivity contribution >= 4 is 46.1 Å². The van der Waals surface area contributed by atoms with Gasteiger partial charge in [-0.2, -0.15) is 0 Å². The maximum Gasteiger partial charge on any atom is 0.153 e. The number of azo groups is 2. The third kappa shape index (κ3) is 4.28. The van der Waals surface area contributed by atoms with Crippen molar-refractivity contribution in [3.8, 4) is 23.0 Å². The fourth-order valence-electron chi connectivity index (χ4n) is 3.18. The van der Waals surface area contributed by atoms with Gasteiger partial charge >= 0.3 is 0 Å². The first kappa shape index (κ1) is 22.1. The predicted octanol–water partition coefficient (Wildman–Crippen LogP) is 6.12. The molecule has 10 nitrogen and oxygen atoms in total. The van der Waals surface area contributed by atoms with Crippen LogP contribution in [0, 0.1) is 0 Å². The maximum atomic E-state index is 11.0. The van der Waals surface area contributed by atoms with E-state index in [2.05, 4.69) is 20.5 Å². The Morgan fingerprint density at radius 1 is 0.500 bits per heavy atom. The van der Waals surface area contributed by atoms with Gasteiger partial charge in [0.05, 0.1) is 22.5 Å². The van der Waals surface area contributed by atoms with Crippen molar-refractivity contribution in [3.63, 3.8) is 0 Å². The average molecular weight is 456 g/mol. The lowest BCUT2D eigenvalue weighted by Gasteiger charge is -2.05. The number of aldehydes is 2. The highest BCUT2D eigenvalue weighted by Gasteiger charge is 2.10. The number of phenols is 4. The molecule has 0 saturated heterocycles. The van der Waals surface area contributed by atoms with Crippen LogP contribution < -0.4 is 0 Å². The van der Waals surface area contributed by atoms with Crippen LogP contribution in [0.4, 0.5) is 22.7 Å². The third-order valence-corrected chi connectivity index (χ3v) is 4.91. The van der Waals surface area contributed by atoms with Gasteiger partial charge in [0.15, 0.2) is 12.6 Å². The Morgan fingerprint density at radius 3 is 1.26 bits per heavy atom. The molecule has 4 aromatic carbocycles. The second-order valence-corrected chi connectivity index (χ2v) is 7.08. The zero-order valence-electron chi connectivity index (χ0n) is 17.3. The molecule has 0 bridgehead atoms. The molecule has 34 heavy (non-hydrogen) atoms. The molecule has 0 fully saturated rings. The molecule has 0 spiro atoms. The normalized spacial score (nSPS) is 11.4. The topological polar surface area (TPSA) is 164 Å². The third-order valence-electron chi connectivity index (χ3n) is 4.91. The van der Waals surface area contributed by atoms with E-state index in [1.807, 2.05) is 0 Å². The minimum Gasteiger partial charge on any atom is -0.507 e. The summed E-state index contributed by atoms with van der Waals surface area (Å²) >= 11 is 0. The van der Waals surface area contributed by atoms with Crippen LogP contribution in [0.25, 0.3) is 10.8 Å². The lowest BCUT2D eigenvalue weighted by molar-refractivity contribution is 0.111.